The van der Waals surface area contributed by atoms with Crippen molar-refractivity contribution < 1.29 is 15.3 Å². The van der Waals surface area contributed by atoms with Crippen molar-refractivity contribution in [2.45, 2.75) is 19.3 Å². The molecule has 0 spiro atoms. The van der Waals surface area contributed by atoms with Gasteiger partial charge in [0.15, 0.2) is 0 Å². The van der Waals surface area contributed by atoms with Crippen molar-refractivity contribution in [3.8, 4) is 17.2 Å². The normalized spacial score (nSPS) is 15.5. The van der Waals surface area contributed by atoms with Gasteiger partial charge >= 0.3 is 0 Å². The molecule has 0 heterocycles. The fourth-order valence-electron chi connectivity index (χ4n) is 5.50. The Balaban J connectivity index is 1.98. The van der Waals surface area contributed by atoms with Crippen molar-refractivity contribution in [2.75, 3.05) is 0 Å². The van der Waals surface area contributed by atoms with E-state index < -0.39 is 0 Å². The van der Waals surface area contributed by atoms with Crippen LogP contribution in [0.1, 0.15) is 33.4 Å². The monoisotopic (exact) mass is 312 g/mol. The predicted octanol–water partition coefficient (Wildman–Crippen LogP) is 3.98. The van der Waals surface area contributed by atoms with Gasteiger partial charge in [0.2, 0.25) is 0 Å². The van der Waals surface area contributed by atoms with Crippen molar-refractivity contribution in [1.82, 2.24) is 0 Å². The summed E-state index contributed by atoms with van der Waals surface area (Å²) in [7, 11) is 0. The molecule has 7 rings (SSSR count). The molecule has 0 unspecified atom stereocenters. The Morgan fingerprint density at radius 2 is 0.750 bits per heavy atom. The molecular formula is C21H12O3. The highest BCUT2D eigenvalue weighted by Gasteiger charge is 2.35. The van der Waals surface area contributed by atoms with E-state index in [1.807, 2.05) is 18.2 Å². The summed E-state index contributed by atoms with van der Waals surface area (Å²) in [6.07, 6.45) is 1.99. The third-order valence-electron chi connectivity index (χ3n) is 6.33. The van der Waals surface area contributed by atoms with E-state index in [1.165, 1.54) is 16.2 Å². The molecule has 0 bridgehead atoms. The lowest BCUT2D eigenvalue weighted by atomic mass is 9.94. The van der Waals surface area contributed by atoms with Crippen molar-refractivity contribution in [1.29, 1.82) is 0 Å². The minimum atomic E-state index is 0.335. The molecule has 0 fully saturated rings. The van der Waals surface area contributed by atoms with E-state index in [2.05, 4.69) is 0 Å². The van der Waals surface area contributed by atoms with Gasteiger partial charge in [-0.3, -0.25) is 0 Å². The molecule has 3 nitrogen and oxygen atoms in total. The molecule has 3 aliphatic rings. The highest BCUT2D eigenvalue weighted by atomic mass is 16.3. The van der Waals surface area contributed by atoms with Crippen LogP contribution in [0.2, 0.25) is 0 Å². The SMILES string of the molecule is Oc1cc2c3c4c1Cc1cc(O)c5c(c14)c1c(cc(O)c(c31)C2)C5. The third-order valence-corrected chi connectivity index (χ3v) is 6.33. The molecule has 0 radical (unpaired) electrons. The molecule has 114 valence electrons. The molecular weight excluding hydrogens is 300 g/mol. The van der Waals surface area contributed by atoms with Gasteiger partial charge in [0, 0.05) is 36.0 Å². The summed E-state index contributed by atoms with van der Waals surface area (Å²) in [5, 5.41) is 38.7. The van der Waals surface area contributed by atoms with Gasteiger partial charge in [-0.2, -0.15) is 0 Å². The number of aromatic hydroxyl groups is 3. The Hall–Kier alpha value is -2.94. The lowest BCUT2D eigenvalue weighted by Gasteiger charge is -2.10. The zero-order valence-corrected chi connectivity index (χ0v) is 12.7. The molecule has 3 aliphatic carbocycles. The second-order valence-corrected chi connectivity index (χ2v) is 7.38. The largest absolute Gasteiger partial charge is 0.508 e. The average Bonchev–Trinajstić information content (AvgIpc) is 3.18. The van der Waals surface area contributed by atoms with E-state index in [1.54, 1.807) is 0 Å². The molecule has 3 N–H and O–H groups in total. The van der Waals surface area contributed by atoms with Crippen LogP contribution < -0.4 is 0 Å². The number of rotatable bonds is 0. The summed E-state index contributed by atoms with van der Waals surface area (Å²) >= 11 is 0. The maximum Gasteiger partial charge on any atom is 0.120 e. The van der Waals surface area contributed by atoms with Crippen molar-refractivity contribution in [3.05, 3.63) is 51.6 Å². The number of hydrogen-bond acceptors (Lipinski definition) is 3. The topological polar surface area (TPSA) is 60.7 Å². The Bertz CT molecular complexity index is 1150. The fourth-order valence-corrected chi connectivity index (χ4v) is 5.50. The van der Waals surface area contributed by atoms with Gasteiger partial charge in [-0.1, -0.05) is 0 Å². The van der Waals surface area contributed by atoms with Crippen LogP contribution in [0.15, 0.2) is 18.2 Å². The molecule has 3 heteroatoms. The zero-order valence-electron chi connectivity index (χ0n) is 12.7. The summed E-state index contributed by atoms with van der Waals surface area (Å²) in [4.78, 5) is 0. The first kappa shape index (κ1) is 11.6. The highest BCUT2D eigenvalue weighted by Crippen LogP contribution is 2.57. The fraction of sp³-hybridized carbons (Fsp3) is 0.143. The van der Waals surface area contributed by atoms with E-state index in [4.69, 9.17) is 0 Å². The first-order chi connectivity index (χ1) is 11.6. The van der Waals surface area contributed by atoms with E-state index in [9.17, 15) is 15.3 Å². The zero-order chi connectivity index (χ0) is 15.9. The lowest BCUT2D eigenvalue weighted by Crippen LogP contribution is -1.86. The number of hydrogen-bond donors (Lipinski definition) is 3. The summed E-state index contributed by atoms with van der Waals surface area (Å²) in [5.74, 6) is 1.01. The number of benzene rings is 4. The Morgan fingerprint density at radius 3 is 1.04 bits per heavy atom. The molecule has 0 atom stereocenters. The van der Waals surface area contributed by atoms with Crippen LogP contribution >= 0.6 is 0 Å². The van der Waals surface area contributed by atoms with Gasteiger partial charge < -0.3 is 15.3 Å². The van der Waals surface area contributed by atoms with Gasteiger partial charge in [-0.05, 0) is 67.2 Å². The maximum absolute atomic E-state index is 10.6. The third kappa shape index (κ3) is 0.946. The number of phenols is 3. The summed E-state index contributed by atoms with van der Waals surface area (Å²) in [6, 6.07) is 5.60. The van der Waals surface area contributed by atoms with Gasteiger partial charge in [-0.15, -0.1) is 0 Å². The molecule has 0 aromatic heterocycles. The predicted molar refractivity (Wildman–Crippen MR) is 92.4 cm³/mol. The lowest BCUT2D eigenvalue weighted by molar-refractivity contribution is 0.468. The molecule has 0 amide bonds. The molecule has 0 saturated heterocycles. The Morgan fingerprint density at radius 1 is 0.458 bits per heavy atom. The van der Waals surface area contributed by atoms with Crippen LogP contribution in [0.3, 0.4) is 0 Å². The summed E-state index contributed by atoms with van der Waals surface area (Å²) in [5.41, 5.74) is 6.20. The maximum atomic E-state index is 10.6. The van der Waals surface area contributed by atoms with E-state index in [0.717, 1.165) is 49.5 Å². The molecule has 4 aromatic carbocycles. The van der Waals surface area contributed by atoms with Crippen LogP contribution in [-0.2, 0) is 19.3 Å². The van der Waals surface area contributed by atoms with Crippen molar-refractivity contribution >= 4 is 32.3 Å². The van der Waals surface area contributed by atoms with Crippen LogP contribution in [-0.4, -0.2) is 15.3 Å². The second-order valence-electron chi connectivity index (χ2n) is 7.38. The minimum Gasteiger partial charge on any atom is -0.508 e. The smallest absolute Gasteiger partial charge is 0.120 e. The Kier molecular flexibility index (Phi) is 1.52. The quantitative estimate of drug-likeness (QED) is 0.371. The van der Waals surface area contributed by atoms with Crippen molar-refractivity contribution in [3.63, 3.8) is 0 Å². The molecule has 0 aliphatic heterocycles. The van der Waals surface area contributed by atoms with Gasteiger partial charge in [-0.25, -0.2) is 0 Å². The first-order valence-electron chi connectivity index (χ1n) is 8.27. The van der Waals surface area contributed by atoms with E-state index in [0.29, 0.717) is 36.5 Å². The molecule has 0 saturated carbocycles. The van der Waals surface area contributed by atoms with Crippen LogP contribution in [0.25, 0.3) is 32.3 Å². The van der Waals surface area contributed by atoms with Crippen LogP contribution in [0.5, 0.6) is 17.2 Å². The Labute approximate surface area is 136 Å². The second kappa shape index (κ2) is 3.16. The van der Waals surface area contributed by atoms with Crippen LogP contribution in [0.4, 0.5) is 0 Å². The van der Waals surface area contributed by atoms with Crippen LogP contribution in [0, 0.1) is 0 Å². The standard InChI is InChI=1S/C21H12O3/c22-13-5-8-2-12-15(24)6-9-3-11-14(23)4-7-1-10(13)19-16(7)20(11)18(9)21(12)17(8)19/h4-6,22-24H,1-3H2. The van der Waals surface area contributed by atoms with E-state index >= 15 is 0 Å². The highest BCUT2D eigenvalue weighted by molar-refractivity contribution is 6.34. The van der Waals surface area contributed by atoms with Gasteiger partial charge in [0.05, 0.1) is 0 Å². The number of phenolic OH excluding ortho intramolecular Hbond substituents is 3. The van der Waals surface area contributed by atoms with Crippen molar-refractivity contribution in [2.24, 2.45) is 0 Å². The average molecular weight is 312 g/mol. The molecule has 4 aromatic rings. The van der Waals surface area contributed by atoms with Gasteiger partial charge in [0.1, 0.15) is 17.2 Å². The summed E-state index contributed by atoms with van der Waals surface area (Å²) in [6.45, 7) is 0. The van der Waals surface area contributed by atoms with Gasteiger partial charge in [0.25, 0.3) is 0 Å². The first-order valence-corrected chi connectivity index (χ1v) is 8.27. The summed E-state index contributed by atoms with van der Waals surface area (Å²) < 4.78 is 0. The minimum absolute atomic E-state index is 0.335. The van der Waals surface area contributed by atoms with E-state index in [-0.39, 0.29) is 0 Å². The molecule has 24 heavy (non-hydrogen) atoms.